The monoisotopic (exact) mass is 468 g/mol. The molecule has 1 aliphatic heterocycles. The van der Waals surface area contributed by atoms with Crippen molar-refractivity contribution >= 4 is 12.4 Å². The highest BCUT2D eigenvalue weighted by molar-refractivity contribution is 5.85. The molecule has 1 aromatic heterocycles. The average molecular weight is 469 g/mol. The molecule has 0 bridgehead atoms. The van der Waals surface area contributed by atoms with Crippen molar-refractivity contribution in [2.75, 3.05) is 20.2 Å². The Labute approximate surface area is 189 Å². The SMILES string of the molecule is COc1ccc(-n2nnnc2C(F)(F)F)cc1CN[C@@H]1CCNC[C@@H]1c1ccccc1.Cl. The van der Waals surface area contributed by atoms with Gasteiger partial charge in [0.25, 0.3) is 5.82 Å². The molecule has 0 unspecified atom stereocenters. The molecule has 0 saturated carbocycles. The Morgan fingerprint density at radius 2 is 1.97 bits per heavy atom. The van der Waals surface area contributed by atoms with E-state index in [9.17, 15) is 13.2 Å². The third-order valence-corrected chi connectivity index (χ3v) is 5.50. The van der Waals surface area contributed by atoms with Crippen LogP contribution in [0, 0.1) is 0 Å². The minimum absolute atomic E-state index is 0. The molecule has 11 heteroatoms. The van der Waals surface area contributed by atoms with Crippen LogP contribution in [0.25, 0.3) is 5.69 Å². The van der Waals surface area contributed by atoms with Crippen molar-refractivity contribution in [3.05, 3.63) is 65.5 Å². The molecule has 2 aromatic carbocycles. The van der Waals surface area contributed by atoms with Gasteiger partial charge in [-0.3, -0.25) is 0 Å². The van der Waals surface area contributed by atoms with Crippen LogP contribution in [0.1, 0.15) is 29.3 Å². The lowest BCUT2D eigenvalue weighted by Gasteiger charge is -2.33. The summed E-state index contributed by atoms with van der Waals surface area (Å²) in [6.45, 7) is 2.20. The predicted octanol–water partition coefficient (Wildman–Crippen LogP) is 3.35. The summed E-state index contributed by atoms with van der Waals surface area (Å²) >= 11 is 0. The van der Waals surface area contributed by atoms with Crippen LogP contribution >= 0.6 is 12.4 Å². The van der Waals surface area contributed by atoms with Crippen LogP contribution in [0.15, 0.2) is 48.5 Å². The number of nitrogens with one attached hydrogen (secondary N) is 2. The summed E-state index contributed by atoms with van der Waals surface area (Å²) in [6.07, 6.45) is -3.72. The molecule has 3 aromatic rings. The first-order chi connectivity index (χ1) is 15.0. The summed E-state index contributed by atoms with van der Waals surface area (Å²) in [5, 5.41) is 16.8. The van der Waals surface area contributed by atoms with Crippen LogP contribution < -0.4 is 15.4 Å². The number of methoxy groups -OCH3 is 1. The minimum atomic E-state index is -4.65. The van der Waals surface area contributed by atoms with E-state index in [2.05, 4.69) is 38.3 Å². The minimum Gasteiger partial charge on any atom is -0.496 e. The third-order valence-electron chi connectivity index (χ3n) is 5.50. The second kappa shape index (κ2) is 10.3. The van der Waals surface area contributed by atoms with Gasteiger partial charge >= 0.3 is 6.18 Å². The summed E-state index contributed by atoms with van der Waals surface area (Å²) in [7, 11) is 1.54. The molecule has 0 radical (unpaired) electrons. The van der Waals surface area contributed by atoms with E-state index < -0.39 is 12.0 Å². The molecular weight excluding hydrogens is 445 g/mol. The van der Waals surface area contributed by atoms with Gasteiger partial charge in [0.1, 0.15) is 5.75 Å². The van der Waals surface area contributed by atoms with Crippen molar-refractivity contribution in [1.82, 2.24) is 30.8 Å². The van der Waals surface area contributed by atoms with E-state index in [-0.39, 0.29) is 24.1 Å². The molecule has 0 aliphatic carbocycles. The maximum absolute atomic E-state index is 13.2. The Morgan fingerprint density at radius 3 is 2.69 bits per heavy atom. The van der Waals surface area contributed by atoms with E-state index in [4.69, 9.17) is 4.74 Å². The number of hydrogen-bond acceptors (Lipinski definition) is 6. The van der Waals surface area contributed by atoms with E-state index in [0.717, 1.165) is 25.1 Å². The zero-order valence-electron chi connectivity index (χ0n) is 17.3. The molecule has 0 amide bonds. The Bertz CT molecular complexity index is 1010. The lowest BCUT2D eigenvalue weighted by molar-refractivity contribution is -0.146. The van der Waals surface area contributed by atoms with Gasteiger partial charge in [-0.25, -0.2) is 0 Å². The number of hydrogen-bond donors (Lipinski definition) is 2. The Balaban J connectivity index is 0.00000289. The molecule has 1 saturated heterocycles. The molecule has 7 nitrogen and oxygen atoms in total. The Hall–Kier alpha value is -2.69. The highest BCUT2D eigenvalue weighted by Gasteiger charge is 2.38. The highest BCUT2D eigenvalue weighted by atomic mass is 35.5. The van der Waals surface area contributed by atoms with Gasteiger partial charge in [0.15, 0.2) is 0 Å². The first-order valence-corrected chi connectivity index (χ1v) is 9.99. The number of halogens is 4. The van der Waals surface area contributed by atoms with Gasteiger partial charge < -0.3 is 15.4 Å². The second-order valence-corrected chi connectivity index (χ2v) is 7.41. The number of tetrazole rings is 1. The summed E-state index contributed by atoms with van der Waals surface area (Å²) in [4.78, 5) is 0. The molecule has 1 aliphatic rings. The van der Waals surface area contributed by atoms with Crippen LogP contribution in [0.4, 0.5) is 13.2 Å². The van der Waals surface area contributed by atoms with Gasteiger partial charge in [-0.15, -0.1) is 17.5 Å². The molecule has 2 N–H and O–H groups in total. The molecule has 0 spiro atoms. The first kappa shape index (κ1) is 24.0. The number of piperidine rings is 1. The largest absolute Gasteiger partial charge is 0.496 e. The average Bonchev–Trinajstić information content (AvgIpc) is 3.29. The van der Waals surface area contributed by atoms with Crippen LogP contribution in [0.2, 0.25) is 0 Å². The van der Waals surface area contributed by atoms with Crippen LogP contribution in [0.5, 0.6) is 5.75 Å². The first-order valence-electron chi connectivity index (χ1n) is 9.99. The van der Waals surface area contributed by atoms with Crippen molar-refractivity contribution in [3.63, 3.8) is 0 Å². The van der Waals surface area contributed by atoms with Gasteiger partial charge in [-0.1, -0.05) is 30.3 Å². The van der Waals surface area contributed by atoms with Gasteiger partial charge in [-0.05, 0) is 47.2 Å². The van der Waals surface area contributed by atoms with Crippen molar-refractivity contribution in [2.24, 2.45) is 0 Å². The van der Waals surface area contributed by atoms with Gasteiger partial charge in [0.05, 0.1) is 12.8 Å². The summed E-state index contributed by atoms with van der Waals surface area (Å²) in [6, 6.07) is 15.2. The summed E-state index contributed by atoms with van der Waals surface area (Å²) in [5.74, 6) is -0.289. The topological polar surface area (TPSA) is 76.9 Å². The fraction of sp³-hybridized carbons (Fsp3) is 0.381. The molecule has 2 heterocycles. The van der Waals surface area contributed by atoms with Gasteiger partial charge in [-0.2, -0.15) is 17.9 Å². The third kappa shape index (κ3) is 5.20. The second-order valence-electron chi connectivity index (χ2n) is 7.41. The van der Waals surface area contributed by atoms with E-state index in [1.165, 1.54) is 18.7 Å². The maximum Gasteiger partial charge on any atom is 0.453 e. The van der Waals surface area contributed by atoms with Gasteiger partial charge in [0, 0.05) is 30.6 Å². The predicted molar refractivity (Wildman–Crippen MR) is 115 cm³/mol. The number of nitrogens with zero attached hydrogens (tertiary/aromatic N) is 4. The van der Waals surface area contributed by atoms with Crippen molar-refractivity contribution in [1.29, 1.82) is 0 Å². The zero-order chi connectivity index (χ0) is 21.8. The number of alkyl halides is 3. The molecule has 32 heavy (non-hydrogen) atoms. The molecule has 1 fully saturated rings. The van der Waals surface area contributed by atoms with E-state index in [1.807, 2.05) is 18.2 Å². The van der Waals surface area contributed by atoms with Crippen LogP contribution in [-0.4, -0.2) is 46.4 Å². The molecular formula is C21H24ClF3N6O. The van der Waals surface area contributed by atoms with E-state index in [0.29, 0.717) is 22.9 Å². The number of aromatic nitrogens is 4. The van der Waals surface area contributed by atoms with Gasteiger partial charge in [0.2, 0.25) is 0 Å². The van der Waals surface area contributed by atoms with Crippen molar-refractivity contribution in [3.8, 4) is 11.4 Å². The number of rotatable bonds is 6. The Kier molecular flexibility index (Phi) is 7.70. The van der Waals surface area contributed by atoms with E-state index in [1.54, 1.807) is 12.1 Å². The van der Waals surface area contributed by atoms with Crippen molar-refractivity contribution < 1.29 is 17.9 Å². The lowest BCUT2D eigenvalue weighted by atomic mass is 9.87. The van der Waals surface area contributed by atoms with Crippen LogP contribution in [0.3, 0.4) is 0 Å². The Morgan fingerprint density at radius 1 is 1.19 bits per heavy atom. The zero-order valence-corrected chi connectivity index (χ0v) is 18.2. The number of ether oxygens (including phenoxy) is 1. The fourth-order valence-corrected chi connectivity index (χ4v) is 3.97. The lowest BCUT2D eigenvalue weighted by Crippen LogP contribution is -2.45. The van der Waals surface area contributed by atoms with E-state index >= 15 is 0 Å². The quantitative estimate of drug-likeness (QED) is 0.578. The number of benzene rings is 2. The molecule has 4 rings (SSSR count). The summed E-state index contributed by atoms with van der Waals surface area (Å²) in [5.41, 5.74) is 2.20. The summed E-state index contributed by atoms with van der Waals surface area (Å²) < 4.78 is 45.7. The maximum atomic E-state index is 13.2. The van der Waals surface area contributed by atoms with Crippen LogP contribution in [-0.2, 0) is 12.7 Å². The fourth-order valence-electron chi connectivity index (χ4n) is 3.97. The molecule has 2 atom stereocenters. The normalized spacial score (nSPS) is 18.8. The van der Waals surface area contributed by atoms with Crippen molar-refractivity contribution in [2.45, 2.75) is 31.1 Å². The molecule has 172 valence electrons. The highest BCUT2D eigenvalue weighted by Crippen LogP contribution is 2.30. The standard InChI is InChI=1S/C21H23F3N6O.ClH/c1-31-19-8-7-16(30-20(21(22,23)24)27-28-29-30)11-15(19)12-26-18-9-10-25-13-17(18)14-5-3-2-4-6-14;/h2-8,11,17-18,25-26H,9-10,12-13H2,1H3;1H/t17-,18-;/m1./s1. The smallest absolute Gasteiger partial charge is 0.453 e.